The summed E-state index contributed by atoms with van der Waals surface area (Å²) in [7, 11) is -3.32. The second-order valence-corrected chi connectivity index (χ2v) is 13.8. The minimum Gasteiger partial charge on any atom is -0.487 e. The van der Waals surface area contributed by atoms with Gasteiger partial charge >= 0.3 is 6.03 Å². The standard InChI is InChI=1S/C32H42N6O4S/c1-7-24-19-37(43(40,41)28-12-10-9-11-27(28)42-24)18-23-17-22(14-13-20(23)3)29(32(5,6)34-31(33)39)25-15-16-26-30(21(25)4)35-36-38(26)8-2/h9-17,24,29,40-41H,7-8,18-19H2,1-6H3,(H3,33,34,39)/t24-,29+/m1/s1. The number of para-hydroxylation sites is 1. The van der Waals surface area contributed by atoms with Gasteiger partial charge in [-0.05, 0) is 87.1 Å². The summed E-state index contributed by atoms with van der Waals surface area (Å²) in [6, 6.07) is 16.9. The third kappa shape index (κ3) is 5.82. The number of aryl methyl sites for hydroxylation is 3. The van der Waals surface area contributed by atoms with E-state index >= 15 is 0 Å². The van der Waals surface area contributed by atoms with Gasteiger partial charge in [-0.15, -0.1) is 15.9 Å². The van der Waals surface area contributed by atoms with E-state index in [-0.39, 0.29) is 12.0 Å². The number of primary amides is 1. The third-order valence-electron chi connectivity index (χ3n) is 8.47. The molecule has 5 N–H and O–H groups in total. The lowest BCUT2D eigenvalue weighted by Gasteiger charge is -2.42. The smallest absolute Gasteiger partial charge is 0.312 e. The Hall–Kier alpha value is -3.64. The number of rotatable bonds is 8. The number of amides is 2. The summed E-state index contributed by atoms with van der Waals surface area (Å²) in [5.74, 6) is 0.208. The van der Waals surface area contributed by atoms with E-state index in [0.29, 0.717) is 30.3 Å². The second kappa shape index (κ2) is 11.8. The van der Waals surface area contributed by atoms with Crippen LogP contribution in [0.5, 0.6) is 5.75 Å². The lowest BCUT2D eigenvalue weighted by atomic mass is 9.75. The number of ether oxygens (including phenoxy) is 1. The lowest BCUT2D eigenvalue weighted by molar-refractivity contribution is 0.165. The number of carbonyl (C=O) groups excluding carboxylic acids is 1. The van der Waals surface area contributed by atoms with E-state index in [2.05, 4.69) is 33.8 Å². The van der Waals surface area contributed by atoms with Crippen molar-refractivity contribution >= 4 is 27.8 Å². The van der Waals surface area contributed by atoms with Crippen LogP contribution in [-0.2, 0) is 13.1 Å². The molecule has 3 aromatic carbocycles. The van der Waals surface area contributed by atoms with Crippen LogP contribution in [0.25, 0.3) is 11.0 Å². The SMILES string of the molecule is CC[C@@H]1CN(Cc2cc([C@@H](c3ccc4c(nnn4CC)c3C)C(C)(C)NC(N)=O)ccc2C)S(O)(O)c2ccccc2O1. The molecule has 5 rings (SSSR count). The van der Waals surface area contributed by atoms with Crippen LogP contribution in [0.4, 0.5) is 4.79 Å². The van der Waals surface area contributed by atoms with Gasteiger partial charge in [-0.2, -0.15) is 4.31 Å². The lowest BCUT2D eigenvalue weighted by Crippen LogP contribution is -2.50. The van der Waals surface area contributed by atoms with Crippen LogP contribution in [0.1, 0.15) is 67.9 Å². The van der Waals surface area contributed by atoms with Crippen molar-refractivity contribution in [2.45, 2.75) is 83.5 Å². The molecule has 2 amide bonds. The first-order valence-electron chi connectivity index (χ1n) is 14.7. The molecule has 0 saturated carbocycles. The van der Waals surface area contributed by atoms with Crippen LogP contribution in [-0.4, -0.2) is 52.6 Å². The van der Waals surface area contributed by atoms with Crippen molar-refractivity contribution in [2.75, 3.05) is 6.54 Å². The van der Waals surface area contributed by atoms with Crippen LogP contribution >= 0.6 is 10.8 Å². The zero-order valence-electron chi connectivity index (χ0n) is 25.7. The molecule has 0 bridgehead atoms. The highest BCUT2D eigenvalue weighted by Gasteiger charge is 2.37. The van der Waals surface area contributed by atoms with Crippen molar-refractivity contribution in [3.8, 4) is 5.75 Å². The Labute approximate surface area is 254 Å². The Kier molecular flexibility index (Phi) is 8.45. The quantitative estimate of drug-likeness (QED) is 0.183. The average molecular weight is 607 g/mol. The molecular formula is C32H42N6O4S. The fourth-order valence-electron chi connectivity index (χ4n) is 6.16. The second-order valence-electron chi connectivity index (χ2n) is 11.8. The van der Waals surface area contributed by atoms with Crippen LogP contribution in [0.3, 0.4) is 0 Å². The first kappa shape index (κ1) is 30.8. The van der Waals surface area contributed by atoms with Gasteiger partial charge in [0.1, 0.15) is 22.3 Å². The number of urea groups is 1. The molecule has 1 aromatic heterocycles. The number of nitrogens with two attached hydrogens (primary N) is 1. The number of hydrogen-bond acceptors (Lipinski definition) is 7. The summed E-state index contributed by atoms with van der Waals surface area (Å²) >= 11 is 0. The first-order valence-corrected chi connectivity index (χ1v) is 16.2. The summed E-state index contributed by atoms with van der Waals surface area (Å²) in [6.45, 7) is 13.4. The maximum atomic E-state index is 12.2. The van der Waals surface area contributed by atoms with E-state index in [0.717, 1.165) is 45.3 Å². The minimum absolute atomic E-state index is 0.198. The van der Waals surface area contributed by atoms with Crippen molar-refractivity contribution < 1.29 is 18.6 Å². The van der Waals surface area contributed by atoms with Crippen LogP contribution in [0, 0.1) is 13.8 Å². The largest absolute Gasteiger partial charge is 0.487 e. The van der Waals surface area contributed by atoms with Gasteiger partial charge in [-0.3, -0.25) is 9.11 Å². The van der Waals surface area contributed by atoms with Crippen molar-refractivity contribution in [3.63, 3.8) is 0 Å². The van der Waals surface area contributed by atoms with Crippen molar-refractivity contribution in [2.24, 2.45) is 5.73 Å². The molecule has 1 aliphatic rings. The molecule has 43 heavy (non-hydrogen) atoms. The Morgan fingerprint density at radius 1 is 1.16 bits per heavy atom. The van der Waals surface area contributed by atoms with E-state index in [1.807, 2.05) is 64.4 Å². The van der Waals surface area contributed by atoms with E-state index in [1.165, 1.54) is 0 Å². The molecule has 0 aliphatic carbocycles. The first-order chi connectivity index (χ1) is 20.4. The van der Waals surface area contributed by atoms with Crippen LogP contribution in [0.2, 0.25) is 0 Å². The summed E-state index contributed by atoms with van der Waals surface area (Å²) in [6.07, 6.45) is 0.523. The fourth-order valence-corrected chi connectivity index (χ4v) is 7.78. The molecule has 0 spiro atoms. The normalized spacial score (nSPS) is 18.4. The molecular weight excluding hydrogens is 564 g/mol. The van der Waals surface area contributed by atoms with Gasteiger partial charge < -0.3 is 15.8 Å². The zero-order chi connectivity index (χ0) is 31.1. The van der Waals surface area contributed by atoms with Gasteiger partial charge in [-0.25, -0.2) is 9.48 Å². The van der Waals surface area contributed by atoms with E-state index < -0.39 is 22.3 Å². The van der Waals surface area contributed by atoms with Gasteiger partial charge in [0.2, 0.25) is 0 Å². The highest BCUT2D eigenvalue weighted by atomic mass is 32.3. The molecule has 230 valence electrons. The van der Waals surface area contributed by atoms with E-state index in [1.54, 1.807) is 22.5 Å². The number of carbonyl (C=O) groups is 1. The number of nitrogens with zero attached hydrogens (tertiary/aromatic N) is 4. The maximum absolute atomic E-state index is 12.2. The number of fused-ring (bicyclic) bond motifs is 2. The number of nitrogens with one attached hydrogen (secondary N) is 1. The molecule has 2 atom stereocenters. The van der Waals surface area contributed by atoms with E-state index in [9.17, 15) is 13.9 Å². The zero-order valence-corrected chi connectivity index (χ0v) is 26.5. The molecule has 1 aliphatic heterocycles. The number of aromatic nitrogens is 3. The van der Waals surface area contributed by atoms with Gasteiger partial charge in [-0.1, -0.05) is 48.5 Å². The van der Waals surface area contributed by atoms with E-state index in [4.69, 9.17) is 10.5 Å². The number of benzene rings is 3. The van der Waals surface area contributed by atoms with Crippen LogP contribution in [0.15, 0.2) is 59.5 Å². The Balaban J connectivity index is 1.61. The van der Waals surface area contributed by atoms with Crippen molar-refractivity contribution in [1.29, 1.82) is 0 Å². The van der Waals surface area contributed by atoms with Gasteiger partial charge in [0, 0.05) is 24.5 Å². The summed E-state index contributed by atoms with van der Waals surface area (Å²) in [5.41, 5.74) is 11.5. The maximum Gasteiger partial charge on any atom is 0.312 e. The molecule has 0 radical (unpaired) electrons. The van der Waals surface area contributed by atoms with Crippen molar-refractivity contribution in [1.82, 2.24) is 24.6 Å². The highest BCUT2D eigenvalue weighted by Crippen LogP contribution is 2.57. The fraction of sp³-hybridized carbons (Fsp3) is 0.406. The predicted octanol–water partition coefficient (Wildman–Crippen LogP) is 6.34. The highest BCUT2D eigenvalue weighted by molar-refractivity contribution is 8.22. The Morgan fingerprint density at radius 2 is 1.91 bits per heavy atom. The topological polar surface area (TPSA) is 139 Å². The molecule has 11 heteroatoms. The molecule has 0 saturated heterocycles. The number of hydrogen-bond donors (Lipinski definition) is 4. The van der Waals surface area contributed by atoms with Gasteiger partial charge in [0.05, 0.1) is 12.1 Å². The molecule has 2 heterocycles. The Bertz CT molecular complexity index is 1650. The summed E-state index contributed by atoms with van der Waals surface area (Å²) < 4.78 is 33.0. The molecule has 4 aromatic rings. The van der Waals surface area contributed by atoms with Crippen molar-refractivity contribution in [3.05, 3.63) is 82.4 Å². The molecule has 0 fully saturated rings. The molecule has 10 nitrogen and oxygen atoms in total. The summed E-state index contributed by atoms with van der Waals surface area (Å²) in [4.78, 5) is 12.6. The molecule has 0 unspecified atom stereocenters. The summed E-state index contributed by atoms with van der Waals surface area (Å²) in [5, 5.41) is 11.7. The third-order valence-corrected chi connectivity index (χ3v) is 10.4. The predicted molar refractivity (Wildman–Crippen MR) is 170 cm³/mol. The van der Waals surface area contributed by atoms with Crippen LogP contribution < -0.4 is 15.8 Å². The van der Waals surface area contributed by atoms with Gasteiger partial charge in [0.25, 0.3) is 0 Å². The van der Waals surface area contributed by atoms with Gasteiger partial charge in [0.15, 0.2) is 0 Å². The average Bonchev–Trinajstić information content (AvgIpc) is 3.34. The Morgan fingerprint density at radius 3 is 2.60 bits per heavy atom. The monoisotopic (exact) mass is 606 g/mol. The minimum atomic E-state index is -3.32.